The highest BCUT2D eigenvalue weighted by atomic mass is 16.3. The van der Waals surface area contributed by atoms with E-state index in [0.29, 0.717) is 12.8 Å². The number of amides is 1. The average molecular weight is 479 g/mol. The van der Waals surface area contributed by atoms with Crippen LogP contribution in [0.4, 0.5) is 0 Å². The van der Waals surface area contributed by atoms with Crippen molar-refractivity contribution in [2.24, 2.45) is 17.6 Å². The average Bonchev–Trinajstić information content (AvgIpc) is 3.31. The Balaban J connectivity index is 1.55. The number of rotatable bonds is 5. The van der Waals surface area contributed by atoms with Gasteiger partial charge in [0, 0.05) is 29.8 Å². The second-order valence-electron chi connectivity index (χ2n) is 9.55. The Morgan fingerprint density at radius 3 is 2.57 bits per heavy atom. The van der Waals surface area contributed by atoms with Crippen molar-refractivity contribution >= 4 is 23.2 Å². The SMILES string of the molecule is NC(=O)C1=C(O)[C@@]2(O)C(=O)C3=C(O)c4c(O)ccc(CCCc5ccc[nH]5)c4C[C@H]3C[C@H]2CC1=O. The number of aliphatic hydroxyl groups is 3. The molecule has 1 saturated carbocycles. The predicted octanol–water partition coefficient (Wildman–Crippen LogP) is 1.93. The zero-order valence-electron chi connectivity index (χ0n) is 18.9. The molecule has 3 aliphatic carbocycles. The molecule has 0 saturated heterocycles. The first kappa shape index (κ1) is 22.9. The molecule has 1 aromatic carbocycles. The number of ketones is 2. The first-order valence-electron chi connectivity index (χ1n) is 11.6. The number of carbonyl (C=O) groups excluding carboxylic acids is 3. The molecule has 0 aliphatic heterocycles. The van der Waals surface area contributed by atoms with E-state index in [-0.39, 0.29) is 29.7 Å². The van der Waals surface area contributed by atoms with Gasteiger partial charge in [-0.1, -0.05) is 6.07 Å². The number of hydrogen-bond donors (Lipinski definition) is 6. The molecule has 35 heavy (non-hydrogen) atoms. The van der Waals surface area contributed by atoms with E-state index in [9.17, 15) is 34.8 Å². The van der Waals surface area contributed by atoms with Gasteiger partial charge >= 0.3 is 0 Å². The van der Waals surface area contributed by atoms with Gasteiger partial charge in [0.05, 0.1) is 5.56 Å². The van der Waals surface area contributed by atoms with Gasteiger partial charge in [0.2, 0.25) is 5.78 Å². The highest BCUT2D eigenvalue weighted by Crippen LogP contribution is 2.52. The summed E-state index contributed by atoms with van der Waals surface area (Å²) in [5, 5.41) is 43.6. The molecule has 1 fully saturated rings. The lowest BCUT2D eigenvalue weighted by Crippen LogP contribution is -2.58. The molecule has 1 aromatic heterocycles. The summed E-state index contributed by atoms with van der Waals surface area (Å²) in [7, 11) is 0. The number of nitrogens with two attached hydrogens (primary N) is 1. The molecule has 2 aromatic rings. The minimum Gasteiger partial charge on any atom is -0.508 e. The lowest BCUT2D eigenvalue weighted by atomic mass is 9.59. The first-order chi connectivity index (χ1) is 16.6. The monoisotopic (exact) mass is 478 g/mol. The summed E-state index contributed by atoms with van der Waals surface area (Å²) in [5.41, 5.74) is 4.64. The van der Waals surface area contributed by atoms with Crippen molar-refractivity contribution in [1.29, 1.82) is 0 Å². The number of hydrogen-bond acceptors (Lipinski definition) is 7. The number of fused-ring (bicyclic) bond motifs is 3. The first-order valence-corrected chi connectivity index (χ1v) is 11.6. The molecule has 0 bridgehead atoms. The van der Waals surface area contributed by atoms with Crippen LogP contribution in [-0.2, 0) is 33.6 Å². The summed E-state index contributed by atoms with van der Waals surface area (Å²) in [6.45, 7) is 0. The molecule has 3 aliphatic rings. The number of aliphatic hydroxyl groups excluding tert-OH is 2. The minimum atomic E-state index is -2.54. The zero-order valence-corrected chi connectivity index (χ0v) is 18.9. The predicted molar refractivity (Wildman–Crippen MR) is 124 cm³/mol. The molecular weight excluding hydrogens is 452 g/mol. The maximum Gasteiger partial charge on any atom is 0.255 e. The Hall–Kier alpha value is -3.85. The summed E-state index contributed by atoms with van der Waals surface area (Å²) in [6, 6.07) is 7.20. The highest BCUT2D eigenvalue weighted by molar-refractivity contribution is 6.22. The van der Waals surface area contributed by atoms with Gasteiger partial charge in [-0.05, 0) is 67.3 Å². The maximum absolute atomic E-state index is 13.5. The number of aromatic hydroxyl groups is 1. The van der Waals surface area contributed by atoms with Crippen LogP contribution in [0.3, 0.4) is 0 Å². The molecule has 9 nitrogen and oxygen atoms in total. The van der Waals surface area contributed by atoms with Crippen LogP contribution >= 0.6 is 0 Å². The Bertz CT molecular complexity index is 1320. The molecule has 5 rings (SSSR count). The quantitative estimate of drug-likeness (QED) is 0.356. The third kappa shape index (κ3) is 3.37. The van der Waals surface area contributed by atoms with Gasteiger partial charge in [0.25, 0.3) is 5.91 Å². The lowest BCUT2D eigenvalue weighted by molar-refractivity contribution is -0.147. The van der Waals surface area contributed by atoms with E-state index in [4.69, 9.17) is 5.73 Å². The Kier molecular flexibility index (Phi) is 5.32. The number of phenols is 1. The van der Waals surface area contributed by atoms with E-state index < -0.39 is 52.0 Å². The molecule has 0 spiro atoms. The van der Waals surface area contributed by atoms with Gasteiger partial charge in [-0.15, -0.1) is 0 Å². The van der Waals surface area contributed by atoms with E-state index in [0.717, 1.165) is 29.7 Å². The summed E-state index contributed by atoms with van der Waals surface area (Å²) < 4.78 is 0. The number of aromatic amines is 1. The normalized spacial score (nSPS) is 25.9. The number of H-pyrrole nitrogens is 1. The van der Waals surface area contributed by atoms with Gasteiger partial charge in [-0.25, -0.2) is 0 Å². The fourth-order valence-electron chi connectivity index (χ4n) is 5.91. The molecule has 0 radical (unpaired) electrons. The van der Waals surface area contributed by atoms with Crippen LogP contribution in [0.15, 0.2) is 47.4 Å². The van der Waals surface area contributed by atoms with Crippen LogP contribution in [0.25, 0.3) is 5.76 Å². The molecular formula is C26H26N2O7. The lowest BCUT2D eigenvalue weighted by Gasteiger charge is -2.46. The van der Waals surface area contributed by atoms with Crippen LogP contribution < -0.4 is 5.73 Å². The second-order valence-corrected chi connectivity index (χ2v) is 9.55. The Morgan fingerprint density at radius 2 is 1.89 bits per heavy atom. The van der Waals surface area contributed by atoms with Gasteiger partial charge in [0.15, 0.2) is 11.4 Å². The Labute approximate surface area is 200 Å². The van der Waals surface area contributed by atoms with E-state index in [1.54, 1.807) is 6.07 Å². The zero-order chi connectivity index (χ0) is 25.1. The van der Waals surface area contributed by atoms with Crippen LogP contribution in [0.5, 0.6) is 5.75 Å². The number of aromatic nitrogens is 1. The van der Waals surface area contributed by atoms with Crippen LogP contribution in [0, 0.1) is 11.8 Å². The molecule has 9 heteroatoms. The van der Waals surface area contributed by atoms with Crippen LogP contribution in [0.1, 0.15) is 41.6 Å². The second kappa shape index (κ2) is 8.13. The summed E-state index contributed by atoms with van der Waals surface area (Å²) in [5.74, 6) is -6.17. The van der Waals surface area contributed by atoms with Gasteiger partial charge in [0.1, 0.15) is 22.8 Å². The van der Waals surface area contributed by atoms with E-state index in [1.807, 2.05) is 18.3 Å². The molecule has 1 amide bonds. The number of primary amides is 1. The molecule has 7 N–H and O–H groups in total. The van der Waals surface area contributed by atoms with Crippen molar-refractivity contribution in [1.82, 2.24) is 4.98 Å². The molecule has 182 valence electrons. The highest BCUT2D eigenvalue weighted by Gasteiger charge is 2.60. The molecule has 3 atom stereocenters. The summed E-state index contributed by atoms with van der Waals surface area (Å²) >= 11 is 0. The standard InChI is InChI=1S/C26H26N2O7/c27-25(34)21-18(30)11-14-9-13-10-16-12(3-1-4-15-5-2-8-28-15)6-7-17(29)20(16)22(31)19(13)23(32)26(14,35)24(21)33/h2,5-8,13-14,28-29,31,33,35H,1,3-4,9-11H2,(H2,27,34)/t13-,14+,26+/m1/s1. The number of nitrogens with one attached hydrogen (secondary N) is 1. The number of Topliss-reactive ketones (excluding diaryl/α,β-unsaturated/α-hetero) is 2. The minimum absolute atomic E-state index is 0.125. The fraction of sp³-hybridized carbons (Fsp3) is 0.346. The number of carbonyl (C=O) groups is 3. The van der Waals surface area contributed by atoms with Gasteiger partial charge in [-0.2, -0.15) is 0 Å². The number of benzene rings is 1. The number of aryl methyl sites for hydroxylation is 2. The largest absolute Gasteiger partial charge is 0.508 e. The number of phenolic OH excluding ortho intramolecular Hbond substituents is 1. The molecule has 0 unspecified atom stereocenters. The summed E-state index contributed by atoms with van der Waals surface area (Å²) in [4.78, 5) is 40.8. The third-order valence-corrected chi connectivity index (χ3v) is 7.60. The third-order valence-electron chi connectivity index (χ3n) is 7.60. The van der Waals surface area contributed by atoms with E-state index in [2.05, 4.69) is 4.98 Å². The topological polar surface area (TPSA) is 174 Å². The smallest absolute Gasteiger partial charge is 0.255 e. The van der Waals surface area contributed by atoms with Gasteiger partial charge < -0.3 is 31.1 Å². The van der Waals surface area contributed by atoms with Crippen molar-refractivity contribution in [3.63, 3.8) is 0 Å². The Morgan fingerprint density at radius 1 is 1.11 bits per heavy atom. The van der Waals surface area contributed by atoms with E-state index >= 15 is 0 Å². The maximum atomic E-state index is 13.5. The fourth-order valence-corrected chi connectivity index (χ4v) is 5.91. The van der Waals surface area contributed by atoms with Crippen molar-refractivity contribution < 1.29 is 34.8 Å². The van der Waals surface area contributed by atoms with E-state index in [1.165, 1.54) is 6.07 Å². The summed E-state index contributed by atoms with van der Waals surface area (Å²) in [6.07, 6.45) is 4.31. The van der Waals surface area contributed by atoms with Gasteiger partial charge in [-0.3, -0.25) is 14.4 Å². The van der Waals surface area contributed by atoms with Crippen LogP contribution in [-0.4, -0.2) is 48.5 Å². The van der Waals surface area contributed by atoms with Crippen molar-refractivity contribution in [3.8, 4) is 5.75 Å². The van der Waals surface area contributed by atoms with Crippen LogP contribution in [0.2, 0.25) is 0 Å². The van der Waals surface area contributed by atoms with Crippen molar-refractivity contribution in [2.45, 2.75) is 44.1 Å². The molecule has 1 heterocycles. The van der Waals surface area contributed by atoms with Crippen molar-refractivity contribution in [3.05, 3.63) is 69.8 Å². The van der Waals surface area contributed by atoms with Crippen molar-refractivity contribution in [2.75, 3.05) is 0 Å².